The highest BCUT2D eigenvalue weighted by Crippen LogP contribution is 2.39. The fourth-order valence-corrected chi connectivity index (χ4v) is 6.94. The van der Waals surface area contributed by atoms with Gasteiger partial charge in [-0.1, -0.05) is 43.5 Å². The predicted octanol–water partition coefficient (Wildman–Crippen LogP) is 4.97. The first-order chi connectivity index (χ1) is 19.0. The molecule has 206 valence electrons. The maximum atomic E-state index is 11.8. The molecule has 10 nitrogen and oxygen atoms in total. The lowest BCUT2D eigenvalue weighted by atomic mass is 9.83. The van der Waals surface area contributed by atoms with Crippen molar-refractivity contribution in [3.8, 4) is 11.3 Å². The number of aromatic nitrogens is 4. The Morgan fingerprint density at radius 1 is 1.10 bits per heavy atom. The summed E-state index contributed by atoms with van der Waals surface area (Å²) in [5.74, 6) is 2.68. The van der Waals surface area contributed by atoms with Gasteiger partial charge in [0.15, 0.2) is 17.6 Å². The van der Waals surface area contributed by atoms with Gasteiger partial charge in [0, 0.05) is 23.7 Å². The first kappa shape index (κ1) is 25.0. The molecule has 4 fully saturated rings. The van der Waals surface area contributed by atoms with Crippen LogP contribution < -0.4 is 15.7 Å². The van der Waals surface area contributed by atoms with Crippen molar-refractivity contribution < 1.29 is 14.4 Å². The number of nitrogens with one attached hydrogen (secondary N) is 2. The Morgan fingerprint density at radius 3 is 2.77 bits per heavy atom. The van der Waals surface area contributed by atoms with Gasteiger partial charge < -0.3 is 19.0 Å². The molecule has 4 aliphatic rings. The van der Waals surface area contributed by atoms with E-state index in [0.717, 1.165) is 61.0 Å². The Bertz CT molecular complexity index is 1390. The van der Waals surface area contributed by atoms with E-state index in [1.165, 1.54) is 25.7 Å². The molecule has 2 saturated carbocycles. The first-order valence-corrected chi connectivity index (χ1v) is 14.6. The van der Waals surface area contributed by atoms with Crippen LogP contribution in [0.15, 0.2) is 24.3 Å². The smallest absolute Gasteiger partial charge is 0.374 e. The van der Waals surface area contributed by atoms with Crippen molar-refractivity contribution >= 4 is 34.8 Å². The highest BCUT2D eigenvalue weighted by Gasteiger charge is 2.39. The van der Waals surface area contributed by atoms with Crippen molar-refractivity contribution in [1.29, 1.82) is 0 Å². The molecule has 0 bridgehead atoms. The molecular weight excluding hydrogens is 518 g/mol. The number of hydrogen-bond donors (Lipinski definition) is 2. The van der Waals surface area contributed by atoms with Crippen LogP contribution in [-0.4, -0.2) is 50.9 Å². The summed E-state index contributed by atoms with van der Waals surface area (Å²) in [6, 6.07) is 8.03. The number of rotatable bonds is 5. The van der Waals surface area contributed by atoms with Crippen LogP contribution in [0.4, 0.5) is 10.7 Å². The Balaban J connectivity index is 1.41. The molecule has 2 N–H and O–H groups in total. The number of anilines is 1. The molecule has 4 heterocycles. The number of hydroxylamine groups is 1. The van der Waals surface area contributed by atoms with Gasteiger partial charge in [0.25, 0.3) is 0 Å². The van der Waals surface area contributed by atoms with Crippen molar-refractivity contribution in [3.05, 3.63) is 35.1 Å². The maximum Gasteiger partial charge on any atom is 0.427 e. The third kappa shape index (κ3) is 4.72. The summed E-state index contributed by atoms with van der Waals surface area (Å²) in [6.45, 7) is 4.71. The van der Waals surface area contributed by atoms with E-state index in [2.05, 4.69) is 27.2 Å². The molecule has 3 atom stereocenters. The molecule has 39 heavy (non-hydrogen) atoms. The Morgan fingerprint density at radius 2 is 1.97 bits per heavy atom. The lowest BCUT2D eigenvalue weighted by Gasteiger charge is -2.39. The van der Waals surface area contributed by atoms with Crippen LogP contribution in [0.3, 0.4) is 0 Å². The Kier molecular flexibility index (Phi) is 6.57. The van der Waals surface area contributed by atoms with Crippen molar-refractivity contribution in [2.45, 2.75) is 76.7 Å². The van der Waals surface area contributed by atoms with Crippen LogP contribution >= 0.6 is 11.6 Å². The van der Waals surface area contributed by atoms with Crippen LogP contribution in [0.2, 0.25) is 5.02 Å². The minimum Gasteiger partial charge on any atom is -0.374 e. The second kappa shape index (κ2) is 10.2. The number of carbonyl (C=O) groups excluding carboxylic acids is 1. The lowest BCUT2D eigenvalue weighted by molar-refractivity contribution is 0.0247. The number of imidazole rings is 1. The molecule has 0 spiro atoms. The van der Waals surface area contributed by atoms with Gasteiger partial charge in [-0.2, -0.15) is 4.98 Å². The quantitative estimate of drug-likeness (QED) is 0.457. The second-order valence-corrected chi connectivity index (χ2v) is 11.9. The molecule has 11 heteroatoms. The maximum absolute atomic E-state index is 11.8. The molecule has 2 saturated heterocycles. The van der Waals surface area contributed by atoms with E-state index in [1.807, 2.05) is 24.3 Å². The van der Waals surface area contributed by atoms with E-state index in [4.69, 9.17) is 36.1 Å². The summed E-state index contributed by atoms with van der Waals surface area (Å²) in [6.07, 6.45) is 7.28. The fourth-order valence-electron chi connectivity index (χ4n) is 6.75. The molecule has 1 unspecified atom stereocenters. The number of ether oxygens (including phenoxy) is 1. The number of benzene rings is 1. The minimum absolute atomic E-state index is 0.242. The van der Waals surface area contributed by atoms with E-state index in [1.54, 1.807) is 0 Å². The van der Waals surface area contributed by atoms with Crippen LogP contribution in [-0.2, 0) is 16.1 Å². The van der Waals surface area contributed by atoms with Gasteiger partial charge in [-0.3, -0.25) is 5.32 Å². The summed E-state index contributed by atoms with van der Waals surface area (Å²) in [5, 5.41) is 3.36. The molecule has 2 aliphatic carbocycles. The predicted molar refractivity (Wildman–Crippen MR) is 147 cm³/mol. The zero-order valence-corrected chi connectivity index (χ0v) is 22.9. The van der Waals surface area contributed by atoms with Crippen LogP contribution in [0.1, 0.15) is 63.9 Å². The summed E-state index contributed by atoms with van der Waals surface area (Å²) >= 11 is 6.45. The van der Waals surface area contributed by atoms with Crippen molar-refractivity contribution in [1.82, 2.24) is 30.3 Å². The van der Waals surface area contributed by atoms with Crippen molar-refractivity contribution in [2.24, 2.45) is 11.8 Å². The van der Waals surface area contributed by atoms with Gasteiger partial charge in [-0.05, 0) is 56.1 Å². The number of hydrogen-bond acceptors (Lipinski definition) is 8. The van der Waals surface area contributed by atoms with Gasteiger partial charge in [-0.25, -0.2) is 14.8 Å². The van der Waals surface area contributed by atoms with E-state index in [9.17, 15) is 4.79 Å². The molecular formula is C28H34ClN7O3. The van der Waals surface area contributed by atoms with Gasteiger partial charge in [0.05, 0.1) is 18.8 Å². The van der Waals surface area contributed by atoms with E-state index >= 15 is 0 Å². The molecule has 7 rings (SSSR count). The third-order valence-electron chi connectivity index (χ3n) is 8.80. The number of halogens is 1. The fraction of sp³-hybridized carbons (Fsp3) is 0.571. The number of morpholine rings is 1. The summed E-state index contributed by atoms with van der Waals surface area (Å²) in [4.78, 5) is 34.2. The number of fused-ring (bicyclic) bond motifs is 2. The van der Waals surface area contributed by atoms with E-state index in [0.29, 0.717) is 35.1 Å². The van der Waals surface area contributed by atoms with Crippen LogP contribution in [0, 0.1) is 11.8 Å². The molecule has 2 aliphatic heterocycles. The van der Waals surface area contributed by atoms with Gasteiger partial charge >= 0.3 is 6.09 Å². The van der Waals surface area contributed by atoms with Crippen LogP contribution in [0.5, 0.6) is 0 Å². The van der Waals surface area contributed by atoms with Gasteiger partial charge in [-0.15, -0.1) is 5.48 Å². The lowest BCUT2D eigenvalue weighted by Crippen LogP contribution is -2.49. The van der Waals surface area contributed by atoms with Crippen LogP contribution in [0.25, 0.3) is 22.4 Å². The Labute approximate surface area is 232 Å². The molecule has 1 amide bonds. The average Bonchev–Trinajstić information content (AvgIpc) is 3.68. The zero-order chi connectivity index (χ0) is 26.5. The van der Waals surface area contributed by atoms with E-state index in [-0.39, 0.29) is 6.10 Å². The first-order valence-electron chi connectivity index (χ1n) is 14.2. The highest BCUT2D eigenvalue weighted by atomic mass is 35.5. The molecule has 3 aromatic rings. The standard InChI is InChI=1S/C28H34ClN7O3/c1-16-8-10-17(11-9-16)15-36-23-22(18-4-2-5-19(29)14-18)30-25(26-33-28(37)39-34-26)31-24(23)32-27(36)35-12-13-38-21-7-3-6-20(21)35/h2,4-5,14,16-17,20-21,26,34H,3,6-13,15H2,1H3,(H,33,37)/t16?,17?,20-,21-,26?/m0/s1. The highest BCUT2D eigenvalue weighted by molar-refractivity contribution is 6.30. The van der Waals surface area contributed by atoms with Gasteiger partial charge in [0.1, 0.15) is 11.2 Å². The summed E-state index contributed by atoms with van der Waals surface area (Å²) in [7, 11) is 0. The summed E-state index contributed by atoms with van der Waals surface area (Å²) in [5.41, 5.74) is 5.83. The zero-order valence-electron chi connectivity index (χ0n) is 22.1. The largest absolute Gasteiger partial charge is 0.427 e. The summed E-state index contributed by atoms with van der Waals surface area (Å²) < 4.78 is 8.52. The minimum atomic E-state index is -0.670. The Hall–Kier alpha value is -2.95. The topological polar surface area (TPSA) is 106 Å². The average molecular weight is 552 g/mol. The normalized spacial score (nSPS) is 28.9. The van der Waals surface area contributed by atoms with Crippen molar-refractivity contribution in [3.63, 3.8) is 0 Å². The monoisotopic (exact) mass is 551 g/mol. The second-order valence-electron chi connectivity index (χ2n) is 11.4. The molecule has 1 aromatic carbocycles. The SMILES string of the molecule is CC1CCC(Cn2c(N3CCO[C@H]4CCC[C@@H]43)nc3nc(C4NOC(=O)N4)nc(-c4cccc(Cl)c4)c32)CC1. The molecule has 2 aromatic heterocycles. The van der Waals surface area contributed by atoms with Crippen molar-refractivity contribution in [2.75, 3.05) is 18.1 Å². The third-order valence-corrected chi connectivity index (χ3v) is 9.04. The van der Waals surface area contributed by atoms with Gasteiger partial charge in [0.2, 0.25) is 5.95 Å². The van der Waals surface area contributed by atoms with E-state index < -0.39 is 12.3 Å². The number of nitrogens with zero attached hydrogens (tertiary/aromatic N) is 5. The molecule has 0 radical (unpaired) electrons. The number of carbonyl (C=O) groups is 1. The number of amides is 1.